The fourth-order valence-electron chi connectivity index (χ4n) is 1.24. The van der Waals surface area contributed by atoms with Crippen LogP contribution in [-0.2, 0) is 0 Å². The topological polar surface area (TPSA) is 15.6 Å². The minimum absolute atomic E-state index is 0.827. The van der Waals surface area contributed by atoms with Crippen LogP contribution >= 0.6 is 0 Å². The Balaban J connectivity index is 2.37. The molecular weight excluding hydrogens is 148 g/mol. The second kappa shape index (κ2) is 2.71. The SMILES string of the molecule is C#CC1=CCC=C2C=CC=NN12. The van der Waals surface area contributed by atoms with Gasteiger partial charge >= 0.3 is 0 Å². The highest BCUT2D eigenvalue weighted by molar-refractivity contribution is 5.73. The summed E-state index contributed by atoms with van der Waals surface area (Å²) in [6.45, 7) is 0. The van der Waals surface area contributed by atoms with E-state index in [-0.39, 0.29) is 0 Å². The molecule has 0 bridgehead atoms. The van der Waals surface area contributed by atoms with E-state index < -0.39 is 0 Å². The van der Waals surface area contributed by atoms with Crippen LogP contribution < -0.4 is 0 Å². The third-order valence-corrected chi connectivity index (χ3v) is 1.79. The first kappa shape index (κ1) is 6.93. The van der Waals surface area contributed by atoms with Crippen molar-refractivity contribution in [1.82, 2.24) is 5.01 Å². The average Bonchev–Trinajstić information content (AvgIpc) is 2.17. The second-order valence-electron chi connectivity index (χ2n) is 2.53. The van der Waals surface area contributed by atoms with E-state index in [0.717, 1.165) is 17.8 Å². The molecule has 0 aromatic carbocycles. The molecule has 12 heavy (non-hydrogen) atoms. The van der Waals surface area contributed by atoms with Gasteiger partial charge in [0, 0.05) is 6.21 Å². The molecule has 0 N–H and O–H groups in total. The molecule has 0 atom stereocenters. The molecule has 58 valence electrons. The molecule has 2 aliphatic heterocycles. The fourth-order valence-corrected chi connectivity index (χ4v) is 1.24. The molecule has 0 aromatic heterocycles. The van der Waals surface area contributed by atoms with E-state index in [1.54, 1.807) is 11.2 Å². The number of terminal acetylenes is 1. The summed E-state index contributed by atoms with van der Waals surface area (Å²) in [6.07, 6.45) is 15.9. The van der Waals surface area contributed by atoms with Crippen LogP contribution in [0.5, 0.6) is 0 Å². The standard InChI is InChI=1S/C10H8N2/c1-2-9-5-3-6-10-7-4-8-11-12(9)10/h1,4-8H,3H2. The summed E-state index contributed by atoms with van der Waals surface area (Å²) < 4.78 is 0. The van der Waals surface area contributed by atoms with Crippen molar-refractivity contribution < 1.29 is 0 Å². The Hall–Kier alpha value is -1.75. The molecule has 2 heteroatoms. The van der Waals surface area contributed by atoms with Crippen LogP contribution in [0.4, 0.5) is 0 Å². The van der Waals surface area contributed by atoms with Gasteiger partial charge < -0.3 is 0 Å². The fraction of sp³-hybridized carbons (Fsp3) is 0.100. The smallest absolute Gasteiger partial charge is 0.111 e. The largest absolute Gasteiger partial charge is 0.226 e. The minimum atomic E-state index is 0.827. The predicted molar refractivity (Wildman–Crippen MR) is 49.1 cm³/mol. The van der Waals surface area contributed by atoms with Crippen molar-refractivity contribution in [2.24, 2.45) is 5.10 Å². The lowest BCUT2D eigenvalue weighted by molar-refractivity contribution is 0.477. The number of fused-ring (bicyclic) bond motifs is 1. The maximum atomic E-state index is 5.33. The van der Waals surface area contributed by atoms with Gasteiger partial charge in [0.25, 0.3) is 0 Å². The molecule has 2 heterocycles. The molecule has 0 radical (unpaired) electrons. The number of hydrogen-bond acceptors (Lipinski definition) is 2. The van der Waals surface area contributed by atoms with Crippen LogP contribution in [0.2, 0.25) is 0 Å². The first-order valence-electron chi connectivity index (χ1n) is 3.79. The van der Waals surface area contributed by atoms with Crippen molar-refractivity contribution in [3.8, 4) is 12.3 Å². The minimum Gasteiger partial charge on any atom is -0.226 e. The van der Waals surface area contributed by atoms with E-state index in [1.807, 2.05) is 18.2 Å². The zero-order valence-corrected chi connectivity index (χ0v) is 6.57. The van der Waals surface area contributed by atoms with Crippen molar-refractivity contribution in [1.29, 1.82) is 0 Å². The number of rotatable bonds is 0. The highest BCUT2D eigenvalue weighted by Gasteiger charge is 2.13. The maximum absolute atomic E-state index is 5.33. The third kappa shape index (κ3) is 0.960. The molecule has 2 aliphatic rings. The van der Waals surface area contributed by atoms with Crippen LogP contribution in [0, 0.1) is 12.3 Å². The number of hydrazone groups is 1. The molecule has 0 saturated carbocycles. The summed E-state index contributed by atoms with van der Waals surface area (Å²) in [5.41, 5.74) is 1.89. The average molecular weight is 156 g/mol. The Bertz CT molecular complexity index is 351. The Morgan fingerprint density at radius 2 is 2.42 bits per heavy atom. The Labute approximate surface area is 71.6 Å². The van der Waals surface area contributed by atoms with Gasteiger partial charge in [0.2, 0.25) is 0 Å². The van der Waals surface area contributed by atoms with Gasteiger partial charge in [-0.25, -0.2) is 5.01 Å². The van der Waals surface area contributed by atoms with Crippen LogP contribution in [0.25, 0.3) is 0 Å². The molecule has 2 rings (SSSR count). The third-order valence-electron chi connectivity index (χ3n) is 1.79. The van der Waals surface area contributed by atoms with E-state index in [0.29, 0.717) is 0 Å². The van der Waals surface area contributed by atoms with Gasteiger partial charge in [-0.05, 0) is 24.6 Å². The molecular formula is C10H8N2. The van der Waals surface area contributed by atoms with Crippen LogP contribution in [0.15, 0.2) is 40.8 Å². The molecule has 0 spiro atoms. The monoisotopic (exact) mass is 156 g/mol. The van der Waals surface area contributed by atoms with Gasteiger partial charge in [0.1, 0.15) is 5.70 Å². The zero-order chi connectivity index (χ0) is 8.39. The van der Waals surface area contributed by atoms with Gasteiger partial charge in [-0.3, -0.25) is 0 Å². The molecule has 0 saturated heterocycles. The predicted octanol–water partition coefficient (Wildman–Crippen LogP) is 1.65. The second-order valence-corrected chi connectivity index (χ2v) is 2.53. The van der Waals surface area contributed by atoms with Gasteiger partial charge in [-0.2, -0.15) is 5.10 Å². The van der Waals surface area contributed by atoms with Crippen molar-refractivity contribution in [3.63, 3.8) is 0 Å². The Kier molecular flexibility index (Phi) is 1.56. The summed E-state index contributed by atoms with van der Waals surface area (Å²) in [6, 6.07) is 0. The summed E-state index contributed by atoms with van der Waals surface area (Å²) in [4.78, 5) is 0. The van der Waals surface area contributed by atoms with Crippen LogP contribution in [0.3, 0.4) is 0 Å². The highest BCUT2D eigenvalue weighted by atomic mass is 15.5. The Morgan fingerprint density at radius 3 is 3.25 bits per heavy atom. The van der Waals surface area contributed by atoms with Crippen molar-refractivity contribution in [3.05, 3.63) is 35.7 Å². The highest BCUT2D eigenvalue weighted by Crippen LogP contribution is 2.22. The number of hydrogen-bond donors (Lipinski definition) is 0. The molecule has 0 aliphatic carbocycles. The summed E-state index contributed by atoms with van der Waals surface area (Å²) in [5.74, 6) is 2.60. The summed E-state index contributed by atoms with van der Waals surface area (Å²) in [5, 5.41) is 5.91. The normalized spacial score (nSPS) is 19.4. The van der Waals surface area contributed by atoms with E-state index in [1.165, 1.54) is 0 Å². The molecule has 0 amide bonds. The lowest BCUT2D eigenvalue weighted by atomic mass is 10.2. The van der Waals surface area contributed by atoms with Crippen molar-refractivity contribution in [2.45, 2.75) is 6.42 Å². The van der Waals surface area contributed by atoms with Crippen LogP contribution in [-0.4, -0.2) is 11.2 Å². The first-order valence-corrected chi connectivity index (χ1v) is 3.79. The van der Waals surface area contributed by atoms with Crippen LogP contribution in [0.1, 0.15) is 6.42 Å². The van der Waals surface area contributed by atoms with Gasteiger partial charge in [-0.1, -0.05) is 12.0 Å². The molecule has 0 unspecified atom stereocenters. The molecule has 0 aromatic rings. The molecule has 0 fully saturated rings. The zero-order valence-electron chi connectivity index (χ0n) is 6.57. The quantitative estimate of drug-likeness (QED) is 0.487. The van der Waals surface area contributed by atoms with E-state index >= 15 is 0 Å². The van der Waals surface area contributed by atoms with Gasteiger partial charge in [0.15, 0.2) is 0 Å². The van der Waals surface area contributed by atoms with Crippen molar-refractivity contribution >= 4 is 6.21 Å². The summed E-state index contributed by atoms with van der Waals surface area (Å²) >= 11 is 0. The van der Waals surface area contributed by atoms with E-state index in [2.05, 4.69) is 17.1 Å². The Morgan fingerprint density at radius 1 is 1.50 bits per heavy atom. The lowest BCUT2D eigenvalue weighted by Gasteiger charge is -2.24. The first-order chi connectivity index (χ1) is 5.92. The van der Waals surface area contributed by atoms with Gasteiger partial charge in [0.05, 0.1) is 5.70 Å². The van der Waals surface area contributed by atoms with Gasteiger partial charge in [-0.15, -0.1) is 6.42 Å². The van der Waals surface area contributed by atoms with E-state index in [9.17, 15) is 0 Å². The van der Waals surface area contributed by atoms with Crippen molar-refractivity contribution in [2.75, 3.05) is 0 Å². The molecule has 2 nitrogen and oxygen atoms in total. The maximum Gasteiger partial charge on any atom is 0.111 e. The van der Waals surface area contributed by atoms with E-state index in [4.69, 9.17) is 6.42 Å². The summed E-state index contributed by atoms with van der Waals surface area (Å²) in [7, 11) is 0. The number of nitrogens with zero attached hydrogens (tertiary/aromatic N) is 2. The number of allylic oxidation sites excluding steroid dienone is 5. The lowest BCUT2D eigenvalue weighted by Crippen LogP contribution is -2.18.